The molecule has 0 saturated heterocycles. The molecule has 0 bridgehead atoms. The molecule has 5 nitrogen and oxygen atoms in total. The first-order valence-electron chi connectivity index (χ1n) is 9.57. The number of hydrogen-bond donors (Lipinski definition) is 2. The van der Waals surface area contributed by atoms with E-state index < -0.39 is 0 Å². The average molecular weight is 512 g/mol. The molecule has 0 spiro atoms. The Morgan fingerprint density at radius 1 is 1.25 bits per heavy atom. The molecule has 0 radical (unpaired) electrons. The summed E-state index contributed by atoms with van der Waals surface area (Å²) in [5.74, 6) is 1.15. The maximum atomic E-state index is 12.6. The summed E-state index contributed by atoms with van der Waals surface area (Å²) in [4.78, 5) is 20.4. The summed E-state index contributed by atoms with van der Waals surface area (Å²) in [5, 5.41) is 8.70. The van der Waals surface area contributed by atoms with Gasteiger partial charge < -0.3 is 15.5 Å². The summed E-state index contributed by atoms with van der Waals surface area (Å²) in [5.41, 5.74) is 2.57. The predicted molar refractivity (Wildman–Crippen MR) is 128 cm³/mol. The number of hydrogen-bond acceptors (Lipinski definition) is 3. The Bertz CT molecular complexity index is 778. The summed E-state index contributed by atoms with van der Waals surface area (Å²) in [6.07, 6.45) is 0.954. The largest absolute Gasteiger partial charge is 0.357 e. The lowest BCUT2D eigenvalue weighted by Crippen LogP contribution is -2.41. The van der Waals surface area contributed by atoms with Gasteiger partial charge in [0.1, 0.15) is 6.54 Å². The van der Waals surface area contributed by atoms with E-state index in [1.54, 1.807) is 11.3 Å². The monoisotopic (exact) mass is 512 g/mol. The van der Waals surface area contributed by atoms with Gasteiger partial charge in [-0.2, -0.15) is 0 Å². The van der Waals surface area contributed by atoms with Crippen molar-refractivity contribution in [3.8, 4) is 0 Å². The second-order valence-electron chi connectivity index (χ2n) is 6.82. The fourth-order valence-electron chi connectivity index (χ4n) is 3.20. The van der Waals surface area contributed by atoms with E-state index in [1.165, 1.54) is 16.0 Å². The van der Waals surface area contributed by atoms with Crippen LogP contribution in [-0.4, -0.2) is 42.9 Å². The highest BCUT2D eigenvalue weighted by Crippen LogP contribution is 2.23. The molecule has 1 amide bonds. The van der Waals surface area contributed by atoms with E-state index in [4.69, 9.17) is 0 Å². The SMILES string of the molecule is CCNC(=NCC(=O)N1CCc2sccc2C1)NCC(C)c1ccccc1.I. The van der Waals surface area contributed by atoms with Crippen LogP contribution in [0.2, 0.25) is 0 Å². The van der Waals surface area contributed by atoms with Crippen LogP contribution in [0, 0.1) is 0 Å². The van der Waals surface area contributed by atoms with Crippen LogP contribution in [0.4, 0.5) is 0 Å². The van der Waals surface area contributed by atoms with E-state index >= 15 is 0 Å². The van der Waals surface area contributed by atoms with Gasteiger partial charge in [-0.05, 0) is 41.8 Å². The van der Waals surface area contributed by atoms with Gasteiger partial charge >= 0.3 is 0 Å². The number of halogens is 1. The van der Waals surface area contributed by atoms with Crippen LogP contribution in [0.5, 0.6) is 0 Å². The fraction of sp³-hybridized carbons (Fsp3) is 0.429. The van der Waals surface area contributed by atoms with Crippen molar-refractivity contribution >= 4 is 47.2 Å². The van der Waals surface area contributed by atoms with Crippen molar-refractivity contribution in [1.29, 1.82) is 0 Å². The molecule has 1 aliphatic rings. The fourth-order valence-corrected chi connectivity index (χ4v) is 4.09. The Kier molecular flexibility index (Phi) is 9.24. The van der Waals surface area contributed by atoms with Crippen molar-refractivity contribution in [2.45, 2.75) is 32.7 Å². The molecule has 28 heavy (non-hydrogen) atoms. The van der Waals surface area contributed by atoms with Crippen molar-refractivity contribution in [3.05, 3.63) is 57.8 Å². The number of carbonyl (C=O) groups excluding carboxylic acids is 1. The Morgan fingerprint density at radius 2 is 2.04 bits per heavy atom. The standard InChI is InChI=1S/C21H28N4OS.HI/c1-3-22-21(23-13-16(2)17-7-5-4-6-8-17)24-14-20(26)25-11-9-19-18(15-25)10-12-27-19;/h4-8,10,12,16H,3,9,11,13-15H2,1-2H3,(H2,22,23,24);1H. The number of aliphatic imine (C=N–C) groups is 1. The van der Waals surface area contributed by atoms with Gasteiger partial charge in [0.15, 0.2) is 5.96 Å². The van der Waals surface area contributed by atoms with E-state index in [9.17, 15) is 4.79 Å². The summed E-state index contributed by atoms with van der Waals surface area (Å²) < 4.78 is 0. The summed E-state index contributed by atoms with van der Waals surface area (Å²) >= 11 is 1.79. The topological polar surface area (TPSA) is 56.7 Å². The zero-order chi connectivity index (χ0) is 19.1. The number of nitrogens with one attached hydrogen (secondary N) is 2. The molecule has 1 atom stereocenters. The first-order valence-corrected chi connectivity index (χ1v) is 10.5. The molecule has 0 saturated carbocycles. The minimum Gasteiger partial charge on any atom is -0.357 e. The Morgan fingerprint density at radius 3 is 2.79 bits per heavy atom. The van der Waals surface area contributed by atoms with E-state index in [2.05, 4.69) is 58.3 Å². The summed E-state index contributed by atoms with van der Waals surface area (Å²) in [6.45, 7) is 7.42. The molecule has 2 aromatic rings. The van der Waals surface area contributed by atoms with Gasteiger partial charge in [-0.15, -0.1) is 35.3 Å². The lowest BCUT2D eigenvalue weighted by atomic mass is 10.0. The number of amides is 1. The van der Waals surface area contributed by atoms with Crippen molar-refractivity contribution in [2.75, 3.05) is 26.2 Å². The van der Waals surface area contributed by atoms with Crippen molar-refractivity contribution in [3.63, 3.8) is 0 Å². The first kappa shape index (κ1) is 22.7. The second-order valence-corrected chi connectivity index (χ2v) is 7.82. The molecular formula is C21H29IN4OS. The van der Waals surface area contributed by atoms with Gasteiger partial charge in [-0.3, -0.25) is 4.79 Å². The minimum absolute atomic E-state index is 0. The van der Waals surface area contributed by atoms with Crippen LogP contribution in [0.1, 0.15) is 35.8 Å². The quantitative estimate of drug-likeness (QED) is 0.353. The molecule has 2 N–H and O–H groups in total. The number of rotatable bonds is 6. The number of nitrogens with zero attached hydrogens (tertiary/aromatic N) is 2. The van der Waals surface area contributed by atoms with Crippen LogP contribution in [0.15, 0.2) is 46.8 Å². The van der Waals surface area contributed by atoms with Gasteiger partial charge in [0.05, 0.1) is 0 Å². The third-order valence-corrected chi connectivity index (χ3v) is 5.84. The van der Waals surface area contributed by atoms with Crippen molar-refractivity contribution < 1.29 is 4.79 Å². The maximum absolute atomic E-state index is 12.6. The summed E-state index contributed by atoms with van der Waals surface area (Å²) in [6, 6.07) is 12.5. The van der Waals surface area contributed by atoms with E-state index in [0.29, 0.717) is 18.4 Å². The molecule has 7 heteroatoms. The average Bonchev–Trinajstić information content (AvgIpc) is 3.18. The third-order valence-electron chi connectivity index (χ3n) is 4.82. The van der Waals surface area contributed by atoms with Gasteiger partial charge in [0.25, 0.3) is 0 Å². The van der Waals surface area contributed by atoms with E-state index in [1.807, 2.05) is 17.9 Å². The zero-order valence-electron chi connectivity index (χ0n) is 16.5. The Balaban J connectivity index is 0.00000280. The first-order chi connectivity index (χ1) is 13.2. The predicted octanol–water partition coefficient (Wildman–Crippen LogP) is 3.61. The smallest absolute Gasteiger partial charge is 0.244 e. The van der Waals surface area contributed by atoms with Crippen LogP contribution in [0.3, 0.4) is 0 Å². The number of fused-ring (bicyclic) bond motifs is 1. The molecule has 1 aromatic heterocycles. The summed E-state index contributed by atoms with van der Waals surface area (Å²) in [7, 11) is 0. The second kappa shape index (κ2) is 11.4. The van der Waals surface area contributed by atoms with Crippen LogP contribution < -0.4 is 10.6 Å². The number of thiophene rings is 1. The van der Waals surface area contributed by atoms with Gasteiger partial charge in [0.2, 0.25) is 5.91 Å². The van der Waals surface area contributed by atoms with Crippen LogP contribution >= 0.6 is 35.3 Å². The normalized spacial score (nSPS) is 14.6. The molecule has 2 heterocycles. The van der Waals surface area contributed by atoms with Crippen molar-refractivity contribution in [1.82, 2.24) is 15.5 Å². The van der Waals surface area contributed by atoms with Crippen molar-refractivity contribution in [2.24, 2.45) is 4.99 Å². The van der Waals surface area contributed by atoms with Gasteiger partial charge in [0, 0.05) is 31.1 Å². The number of carbonyl (C=O) groups is 1. The lowest BCUT2D eigenvalue weighted by Gasteiger charge is -2.26. The van der Waals surface area contributed by atoms with E-state index in [0.717, 1.165) is 26.1 Å². The molecule has 0 fully saturated rings. The van der Waals surface area contributed by atoms with Gasteiger partial charge in [-0.25, -0.2) is 4.99 Å². The van der Waals surface area contributed by atoms with Crippen LogP contribution in [-0.2, 0) is 17.8 Å². The molecule has 1 aromatic carbocycles. The molecule has 3 rings (SSSR count). The van der Waals surface area contributed by atoms with E-state index in [-0.39, 0.29) is 36.4 Å². The minimum atomic E-state index is 0. The molecule has 152 valence electrons. The Hall–Kier alpha value is -1.61. The Labute approximate surface area is 188 Å². The zero-order valence-corrected chi connectivity index (χ0v) is 19.6. The number of benzene rings is 1. The highest BCUT2D eigenvalue weighted by atomic mass is 127. The third kappa shape index (κ3) is 6.20. The highest BCUT2D eigenvalue weighted by molar-refractivity contribution is 14.0. The molecule has 1 unspecified atom stereocenters. The van der Waals surface area contributed by atoms with Crippen LogP contribution in [0.25, 0.3) is 0 Å². The molecule has 0 aliphatic carbocycles. The highest BCUT2D eigenvalue weighted by Gasteiger charge is 2.21. The maximum Gasteiger partial charge on any atom is 0.244 e. The molecular weight excluding hydrogens is 483 g/mol. The lowest BCUT2D eigenvalue weighted by molar-refractivity contribution is -0.130. The molecule has 1 aliphatic heterocycles. The number of guanidine groups is 1. The van der Waals surface area contributed by atoms with Gasteiger partial charge in [-0.1, -0.05) is 37.3 Å².